The van der Waals surface area contributed by atoms with Crippen molar-refractivity contribution < 1.29 is 14.5 Å². The van der Waals surface area contributed by atoms with Crippen molar-refractivity contribution in [1.82, 2.24) is 4.98 Å². The predicted molar refractivity (Wildman–Crippen MR) is 90.8 cm³/mol. The number of aromatic nitrogens is 1. The van der Waals surface area contributed by atoms with Gasteiger partial charge in [0.1, 0.15) is 17.8 Å². The minimum atomic E-state index is -0.861. The van der Waals surface area contributed by atoms with Gasteiger partial charge in [0.25, 0.3) is 11.6 Å². The highest BCUT2D eigenvalue weighted by molar-refractivity contribution is 6.35. The van der Waals surface area contributed by atoms with E-state index in [1.54, 1.807) is 26.0 Å². The van der Waals surface area contributed by atoms with Crippen molar-refractivity contribution in [2.24, 2.45) is 0 Å². The summed E-state index contributed by atoms with van der Waals surface area (Å²) in [5.74, 6) is 0.0748. The Labute approximate surface area is 147 Å². The van der Waals surface area contributed by atoms with Crippen LogP contribution in [0.4, 0.5) is 11.5 Å². The van der Waals surface area contributed by atoms with Crippen LogP contribution >= 0.6 is 23.2 Å². The minimum Gasteiger partial charge on any atom is -0.479 e. The molecule has 1 aromatic carbocycles. The number of carbonyl (C=O) groups excluding carboxylic acids is 1. The van der Waals surface area contributed by atoms with Crippen molar-refractivity contribution in [1.29, 1.82) is 0 Å². The highest BCUT2D eigenvalue weighted by Crippen LogP contribution is 2.28. The summed E-state index contributed by atoms with van der Waals surface area (Å²) in [5, 5.41) is 14.0. The molecule has 126 valence electrons. The normalized spacial score (nSPS) is 11.7. The number of anilines is 1. The van der Waals surface area contributed by atoms with Crippen LogP contribution in [0.5, 0.6) is 5.75 Å². The van der Waals surface area contributed by atoms with Crippen molar-refractivity contribution in [3.63, 3.8) is 0 Å². The number of nitrogens with one attached hydrogen (secondary N) is 1. The summed E-state index contributed by atoms with van der Waals surface area (Å²) in [6, 6.07) is 5.98. The summed E-state index contributed by atoms with van der Waals surface area (Å²) >= 11 is 11.8. The van der Waals surface area contributed by atoms with Gasteiger partial charge in [-0.05, 0) is 37.6 Å². The van der Waals surface area contributed by atoms with Crippen LogP contribution in [0.15, 0.2) is 30.5 Å². The molecule has 0 fully saturated rings. The number of nitro groups is 1. The first kappa shape index (κ1) is 18.0. The second-order valence-corrected chi connectivity index (χ2v) is 5.78. The summed E-state index contributed by atoms with van der Waals surface area (Å²) in [4.78, 5) is 26.2. The number of halogens is 2. The summed E-state index contributed by atoms with van der Waals surface area (Å²) in [7, 11) is 0. The Morgan fingerprint density at radius 2 is 2.08 bits per heavy atom. The van der Waals surface area contributed by atoms with Gasteiger partial charge in [0.15, 0.2) is 6.10 Å². The van der Waals surface area contributed by atoms with Crippen molar-refractivity contribution in [2.45, 2.75) is 20.0 Å². The highest BCUT2D eigenvalue weighted by atomic mass is 35.5. The number of pyridine rings is 1. The van der Waals surface area contributed by atoms with E-state index >= 15 is 0 Å². The molecule has 1 amide bonds. The van der Waals surface area contributed by atoms with Gasteiger partial charge in [0.2, 0.25) is 0 Å². The molecule has 1 heterocycles. The molecule has 24 heavy (non-hydrogen) atoms. The third kappa shape index (κ3) is 4.33. The molecule has 0 saturated carbocycles. The lowest BCUT2D eigenvalue weighted by Gasteiger charge is -2.16. The standard InChI is InChI=1S/C15H13Cl2N3O4/c1-8-5-11(20(22)23)7-18-14(8)19-15(21)9(2)24-13-4-3-10(16)6-12(13)17/h3-7,9H,1-2H3,(H,18,19,21). The smallest absolute Gasteiger partial charge is 0.287 e. The monoisotopic (exact) mass is 369 g/mol. The molecule has 1 N–H and O–H groups in total. The lowest BCUT2D eigenvalue weighted by atomic mass is 10.2. The first-order valence-electron chi connectivity index (χ1n) is 6.81. The number of rotatable bonds is 5. The highest BCUT2D eigenvalue weighted by Gasteiger charge is 2.19. The van der Waals surface area contributed by atoms with Gasteiger partial charge in [0.05, 0.1) is 9.95 Å². The van der Waals surface area contributed by atoms with Gasteiger partial charge in [-0.2, -0.15) is 0 Å². The van der Waals surface area contributed by atoms with Gasteiger partial charge in [-0.1, -0.05) is 23.2 Å². The number of hydrogen-bond acceptors (Lipinski definition) is 5. The molecule has 0 bridgehead atoms. The number of nitrogens with zero attached hydrogens (tertiary/aromatic N) is 2. The molecule has 0 radical (unpaired) electrons. The second-order valence-electron chi connectivity index (χ2n) is 4.94. The lowest BCUT2D eigenvalue weighted by molar-refractivity contribution is -0.385. The number of amides is 1. The Balaban J connectivity index is 2.07. The number of carbonyl (C=O) groups is 1. The van der Waals surface area contributed by atoms with Crippen LogP contribution in [-0.2, 0) is 4.79 Å². The van der Waals surface area contributed by atoms with Gasteiger partial charge < -0.3 is 10.1 Å². The van der Waals surface area contributed by atoms with Crippen LogP contribution in [0.1, 0.15) is 12.5 Å². The summed E-state index contributed by atoms with van der Waals surface area (Å²) in [6.07, 6.45) is 0.213. The van der Waals surface area contributed by atoms with E-state index in [1.807, 2.05) is 0 Å². The van der Waals surface area contributed by atoms with Gasteiger partial charge in [0, 0.05) is 11.1 Å². The zero-order chi connectivity index (χ0) is 17.9. The number of ether oxygens (including phenoxy) is 1. The third-order valence-corrected chi connectivity index (χ3v) is 3.61. The Morgan fingerprint density at radius 3 is 2.67 bits per heavy atom. The molecule has 0 aliphatic heterocycles. The average Bonchev–Trinajstić information content (AvgIpc) is 2.51. The maximum Gasteiger partial charge on any atom is 0.287 e. The largest absolute Gasteiger partial charge is 0.479 e. The quantitative estimate of drug-likeness (QED) is 0.634. The number of benzene rings is 1. The molecule has 7 nitrogen and oxygen atoms in total. The maximum absolute atomic E-state index is 12.2. The van der Waals surface area contributed by atoms with Gasteiger partial charge in [-0.15, -0.1) is 0 Å². The van der Waals surface area contributed by atoms with Crippen LogP contribution in [0.3, 0.4) is 0 Å². The fourth-order valence-electron chi connectivity index (χ4n) is 1.82. The van der Waals surface area contributed by atoms with Crippen LogP contribution in [0.2, 0.25) is 10.0 Å². The summed E-state index contributed by atoms with van der Waals surface area (Å²) < 4.78 is 5.50. The van der Waals surface area contributed by atoms with Crippen LogP contribution in [0.25, 0.3) is 0 Å². The zero-order valence-corrected chi connectivity index (χ0v) is 14.3. The minimum absolute atomic E-state index is 0.150. The summed E-state index contributed by atoms with van der Waals surface area (Å²) in [5.41, 5.74) is 0.317. The van der Waals surface area contributed by atoms with Gasteiger partial charge in [-0.25, -0.2) is 4.98 Å². The van der Waals surface area contributed by atoms with Crippen molar-refractivity contribution in [3.05, 3.63) is 56.2 Å². The molecule has 1 unspecified atom stereocenters. The molecule has 0 saturated heterocycles. The predicted octanol–water partition coefficient (Wildman–Crippen LogP) is 4.01. The van der Waals surface area contributed by atoms with E-state index < -0.39 is 16.9 Å². The van der Waals surface area contributed by atoms with E-state index in [1.165, 1.54) is 12.1 Å². The molecule has 2 rings (SSSR count). The van der Waals surface area contributed by atoms with Crippen LogP contribution < -0.4 is 10.1 Å². The van der Waals surface area contributed by atoms with Crippen molar-refractivity contribution >= 4 is 40.6 Å². The SMILES string of the molecule is Cc1cc([N+](=O)[O-])cnc1NC(=O)C(C)Oc1ccc(Cl)cc1Cl. The van der Waals surface area contributed by atoms with Crippen LogP contribution in [0, 0.1) is 17.0 Å². The molecule has 0 spiro atoms. The second kappa shape index (κ2) is 7.46. The fourth-order valence-corrected chi connectivity index (χ4v) is 2.28. The summed E-state index contributed by atoms with van der Waals surface area (Å²) in [6.45, 7) is 3.15. The van der Waals surface area contributed by atoms with E-state index in [-0.39, 0.29) is 16.5 Å². The van der Waals surface area contributed by atoms with E-state index in [9.17, 15) is 14.9 Å². The van der Waals surface area contributed by atoms with Crippen LogP contribution in [-0.4, -0.2) is 21.9 Å². The molecular formula is C15H13Cl2N3O4. The average molecular weight is 370 g/mol. The van der Waals surface area contributed by atoms with E-state index in [4.69, 9.17) is 27.9 Å². The number of aryl methyl sites for hydroxylation is 1. The Hall–Kier alpha value is -2.38. The zero-order valence-electron chi connectivity index (χ0n) is 12.7. The van der Waals surface area contributed by atoms with E-state index in [0.717, 1.165) is 6.20 Å². The molecule has 9 heteroatoms. The van der Waals surface area contributed by atoms with Gasteiger partial charge in [-0.3, -0.25) is 14.9 Å². The first-order valence-corrected chi connectivity index (χ1v) is 7.57. The molecule has 2 aromatic rings. The van der Waals surface area contributed by atoms with E-state index in [0.29, 0.717) is 16.3 Å². The lowest BCUT2D eigenvalue weighted by Crippen LogP contribution is -2.30. The fraction of sp³-hybridized carbons (Fsp3) is 0.200. The maximum atomic E-state index is 12.2. The molecule has 1 atom stereocenters. The Bertz CT molecular complexity index is 798. The van der Waals surface area contributed by atoms with Crippen molar-refractivity contribution in [2.75, 3.05) is 5.32 Å². The first-order chi connectivity index (χ1) is 11.3. The molecule has 1 aromatic heterocycles. The number of hydrogen-bond donors (Lipinski definition) is 1. The molecular weight excluding hydrogens is 357 g/mol. The Morgan fingerprint density at radius 1 is 1.38 bits per heavy atom. The third-order valence-electron chi connectivity index (χ3n) is 3.08. The topological polar surface area (TPSA) is 94.4 Å². The van der Waals surface area contributed by atoms with E-state index in [2.05, 4.69) is 10.3 Å². The molecule has 0 aliphatic rings. The molecule has 0 aliphatic carbocycles. The van der Waals surface area contributed by atoms with Gasteiger partial charge >= 0.3 is 0 Å². The Kier molecular flexibility index (Phi) is 5.58. The van der Waals surface area contributed by atoms with Crippen molar-refractivity contribution in [3.8, 4) is 5.75 Å².